The van der Waals surface area contributed by atoms with Crippen LogP contribution in [-0.4, -0.2) is 41.4 Å². The molecule has 0 aliphatic heterocycles. The van der Waals surface area contributed by atoms with Crippen molar-refractivity contribution in [3.05, 3.63) is 27.4 Å². The van der Waals surface area contributed by atoms with Gasteiger partial charge < -0.3 is 25.8 Å². The van der Waals surface area contributed by atoms with E-state index in [1.807, 2.05) is 0 Å². The number of rotatable bonds is 6. The van der Waals surface area contributed by atoms with Gasteiger partial charge in [-0.3, -0.25) is 10.1 Å². The van der Waals surface area contributed by atoms with Gasteiger partial charge in [-0.15, -0.1) is 10.2 Å². The number of hydrogen-bond donors (Lipinski definition) is 4. The van der Waals surface area contributed by atoms with Crippen molar-refractivity contribution < 1.29 is 14.8 Å². The van der Waals surface area contributed by atoms with Crippen LogP contribution in [-0.2, 0) is 0 Å². The third-order valence-corrected chi connectivity index (χ3v) is 3.32. The number of nitro benzene ring substituents is 1. The highest BCUT2D eigenvalue weighted by atomic mass is 35.5. The Kier molecular flexibility index (Phi) is 5.09. The molecule has 4 N–H and O–H groups in total. The second-order valence-electron chi connectivity index (χ2n) is 4.49. The van der Waals surface area contributed by atoms with Gasteiger partial charge in [0, 0.05) is 27.2 Å². The number of aromatic hydroxyl groups is 1. The molecule has 24 heavy (non-hydrogen) atoms. The summed E-state index contributed by atoms with van der Waals surface area (Å²) in [5.74, 6) is -0.841. The molecule has 0 radical (unpaired) electrons. The summed E-state index contributed by atoms with van der Waals surface area (Å²) in [4.78, 5) is 10.9. The van der Waals surface area contributed by atoms with Gasteiger partial charge in [0.05, 0.1) is 10.6 Å². The number of hydrogen-bond acceptors (Lipinski definition) is 9. The first kappa shape index (κ1) is 17.3. The monoisotopic (exact) mass is 354 g/mol. The first-order chi connectivity index (χ1) is 11.4. The Morgan fingerprint density at radius 2 is 1.83 bits per heavy atom. The highest BCUT2D eigenvalue weighted by Gasteiger charge is 2.29. The lowest BCUT2D eigenvalue weighted by Crippen LogP contribution is -2.06. The Labute approximate surface area is 142 Å². The van der Waals surface area contributed by atoms with Crippen LogP contribution in [0.3, 0.4) is 0 Å². The second kappa shape index (κ2) is 7.04. The number of nitrogens with one attached hydrogen (secondary N) is 3. The largest absolute Gasteiger partial charge is 0.503 e. The number of halogens is 1. The molecule has 0 saturated heterocycles. The quantitative estimate of drug-likeness (QED) is 0.456. The number of aromatic nitrogens is 2. The summed E-state index contributed by atoms with van der Waals surface area (Å²) < 4.78 is 5.50. The zero-order valence-electron chi connectivity index (χ0n) is 13.0. The summed E-state index contributed by atoms with van der Waals surface area (Å²) in [6.07, 6.45) is 0. The van der Waals surface area contributed by atoms with Crippen molar-refractivity contribution in [1.29, 1.82) is 0 Å². The molecule has 0 atom stereocenters. The minimum Gasteiger partial charge on any atom is -0.503 e. The van der Waals surface area contributed by atoms with Crippen molar-refractivity contribution in [1.82, 2.24) is 10.2 Å². The average molecular weight is 355 g/mol. The lowest BCUT2D eigenvalue weighted by Gasteiger charge is -2.17. The molecule has 128 valence electrons. The van der Waals surface area contributed by atoms with Gasteiger partial charge in [0.1, 0.15) is 11.4 Å². The Morgan fingerprint density at radius 3 is 2.33 bits per heavy atom. The molecule has 10 nitrogen and oxygen atoms in total. The van der Waals surface area contributed by atoms with Gasteiger partial charge in [0.2, 0.25) is 5.75 Å². The Hall–Kier alpha value is -3.01. The number of anilines is 3. The third-order valence-electron chi connectivity index (χ3n) is 3.14. The van der Waals surface area contributed by atoms with Crippen LogP contribution in [0.5, 0.6) is 17.4 Å². The topological polar surface area (TPSA) is 134 Å². The standard InChI is InChI=1S/C13H15ClN6O4/c1-15-6-4-7(16-2)11(20(22)23)12(10(6)17-3)24-13-8(21)5-9(14)18-19-13/h4-5,15-17H,1-3H3,(H,18,21). The molecular weight excluding hydrogens is 340 g/mol. The van der Waals surface area contributed by atoms with Crippen molar-refractivity contribution >= 4 is 34.4 Å². The maximum Gasteiger partial charge on any atom is 0.336 e. The van der Waals surface area contributed by atoms with Crippen molar-refractivity contribution in [2.45, 2.75) is 0 Å². The molecule has 1 aromatic carbocycles. The normalized spacial score (nSPS) is 10.2. The number of ether oxygens (including phenoxy) is 1. The van der Waals surface area contributed by atoms with E-state index in [2.05, 4.69) is 26.1 Å². The fourth-order valence-electron chi connectivity index (χ4n) is 2.08. The van der Waals surface area contributed by atoms with Crippen molar-refractivity contribution in [2.75, 3.05) is 37.1 Å². The van der Waals surface area contributed by atoms with Crippen LogP contribution in [0.25, 0.3) is 0 Å². The van der Waals surface area contributed by atoms with Crippen molar-refractivity contribution in [3.63, 3.8) is 0 Å². The molecule has 2 aromatic rings. The molecule has 0 bridgehead atoms. The number of benzene rings is 1. The molecule has 2 rings (SSSR count). The summed E-state index contributed by atoms with van der Waals surface area (Å²) >= 11 is 5.63. The van der Waals surface area contributed by atoms with Gasteiger partial charge in [-0.1, -0.05) is 11.6 Å². The Bertz CT molecular complexity index is 786. The SMILES string of the molecule is CNc1cc(NC)c([N+](=O)[O-])c(Oc2nnc(Cl)cc2O)c1NC. The average Bonchev–Trinajstić information content (AvgIpc) is 2.55. The van der Waals surface area contributed by atoms with E-state index in [0.717, 1.165) is 6.07 Å². The summed E-state index contributed by atoms with van der Waals surface area (Å²) in [5.41, 5.74) is 0.764. The summed E-state index contributed by atoms with van der Waals surface area (Å²) in [5, 5.41) is 37.0. The Balaban J connectivity index is 2.70. The maximum absolute atomic E-state index is 11.5. The van der Waals surface area contributed by atoms with Crippen LogP contribution < -0.4 is 20.7 Å². The van der Waals surface area contributed by atoms with E-state index in [-0.39, 0.29) is 28.2 Å². The minimum atomic E-state index is -0.595. The van der Waals surface area contributed by atoms with Crippen molar-refractivity contribution in [2.24, 2.45) is 0 Å². The molecule has 1 heterocycles. The second-order valence-corrected chi connectivity index (χ2v) is 4.88. The minimum absolute atomic E-state index is 0.0388. The van der Waals surface area contributed by atoms with E-state index >= 15 is 0 Å². The van der Waals surface area contributed by atoms with Crippen LogP contribution in [0.2, 0.25) is 5.15 Å². The number of nitrogens with zero attached hydrogens (tertiary/aromatic N) is 3. The molecule has 0 saturated carbocycles. The van der Waals surface area contributed by atoms with Crippen LogP contribution in [0.1, 0.15) is 0 Å². The fraction of sp³-hybridized carbons (Fsp3) is 0.231. The molecule has 0 aliphatic rings. The predicted molar refractivity (Wildman–Crippen MR) is 90.5 cm³/mol. The van der Waals surface area contributed by atoms with Gasteiger partial charge in [-0.25, -0.2) is 0 Å². The molecule has 1 aromatic heterocycles. The zero-order valence-corrected chi connectivity index (χ0v) is 13.8. The molecular formula is C13H15ClN6O4. The Morgan fingerprint density at radius 1 is 1.17 bits per heavy atom. The summed E-state index contributed by atoms with van der Waals surface area (Å²) in [6.45, 7) is 0. The van der Waals surface area contributed by atoms with Crippen LogP contribution in [0.4, 0.5) is 22.7 Å². The molecule has 0 amide bonds. The highest BCUT2D eigenvalue weighted by Crippen LogP contribution is 2.48. The first-order valence-electron chi connectivity index (χ1n) is 6.71. The van der Waals surface area contributed by atoms with Gasteiger partial charge in [-0.05, 0) is 6.07 Å². The van der Waals surface area contributed by atoms with E-state index in [1.165, 1.54) is 0 Å². The third kappa shape index (κ3) is 3.18. The van der Waals surface area contributed by atoms with Gasteiger partial charge >= 0.3 is 5.69 Å². The predicted octanol–water partition coefficient (Wildman–Crippen LogP) is 2.66. The molecule has 0 aliphatic carbocycles. The van der Waals surface area contributed by atoms with E-state index in [9.17, 15) is 15.2 Å². The van der Waals surface area contributed by atoms with Crippen molar-refractivity contribution in [3.8, 4) is 17.4 Å². The van der Waals surface area contributed by atoms with E-state index in [4.69, 9.17) is 16.3 Å². The van der Waals surface area contributed by atoms with Gasteiger partial charge in [-0.2, -0.15) is 0 Å². The van der Waals surface area contributed by atoms with Crippen LogP contribution in [0.15, 0.2) is 12.1 Å². The molecule has 0 fully saturated rings. The number of nitro groups is 1. The molecule has 11 heteroatoms. The lowest BCUT2D eigenvalue weighted by atomic mass is 10.1. The zero-order chi connectivity index (χ0) is 17.9. The van der Waals surface area contributed by atoms with Crippen LogP contribution >= 0.6 is 11.6 Å². The lowest BCUT2D eigenvalue weighted by molar-refractivity contribution is -0.384. The highest BCUT2D eigenvalue weighted by molar-refractivity contribution is 6.29. The van der Waals surface area contributed by atoms with E-state index in [0.29, 0.717) is 11.4 Å². The van der Waals surface area contributed by atoms with E-state index in [1.54, 1.807) is 27.2 Å². The smallest absolute Gasteiger partial charge is 0.336 e. The summed E-state index contributed by atoms with van der Waals surface area (Å²) in [6, 6.07) is 2.68. The maximum atomic E-state index is 11.5. The fourth-order valence-corrected chi connectivity index (χ4v) is 2.22. The van der Waals surface area contributed by atoms with Gasteiger partial charge in [0.25, 0.3) is 5.88 Å². The summed E-state index contributed by atoms with van der Waals surface area (Å²) in [7, 11) is 4.79. The van der Waals surface area contributed by atoms with Crippen LogP contribution in [0, 0.1) is 10.1 Å². The van der Waals surface area contributed by atoms with Gasteiger partial charge in [0.15, 0.2) is 10.9 Å². The molecule has 0 spiro atoms. The first-order valence-corrected chi connectivity index (χ1v) is 7.09. The van der Waals surface area contributed by atoms with E-state index < -0.39 is 10.7 Å². The molecule has 0 unspecified atom stereocenters.